The Balaban J connectivity index is 2.02. The Labute approximate surface area is 81.4 Å². The van der Waals surface area contributed by atoms with Crippen LogP contribution in [-0.2, 0) is 0 Å². The molecule has 2 heteroatoms. The lowest BCUT2D eigenvalue weighted by molar-refractivity contribution is 0.293. The Hall–Kier alpha value is -0.0800. The van der Waals surface area contributed by atoms with Crippen molar-refractivity contribution in [2.75, 3.05) is 0 Å². The zero-order valence-corrected chi connectivity index (χ0v) is 9.17. The van der Waals surface area contributed by atoms with Crippen LogP contribution >= 0.6 is 0 Å². The topological polar surface area (TPSA) is 24.1 Å². The molecule has 2 fully saturated rings. The van der Waals surface area contributed by atoms with E-state index in [1.54, 1.807) is 0 Å². The molecule has 2 aliphatic rings. The molecule has 5 atom stereocenters. The molecule has 0 spiro atoms. The van der Waals surface area contributed by atoms with E-state index in [0.717, 1.165) is 29.7 Å². The molecule has 0 radical (unpaired) electrons. The number of hydrogen-bond donors (Lipinski definition) is 2. The first-order chi connectivity index (χ1) is 6.11. The molecule has 0 aromatic rings. The van der Waals surface area contributed by atoms with E-state index in [9.17, 15) is 0 Å². The van der Waals surface area contributed by atoms with Crippen molar-refractivity contribution in [1.29, 1.82) is 0 Å². The maximum absolute atomic E-state index is 3.48. The van der Waals surface area contributed by atoms with Crippen LogP contribution in [0.1, 0.15) is 34.1 Å². The molecular weight excluding hydrogens is 160 g/mol. The van der Waals surface area contributed by atoms with Crippen molar-refractivity contribution in [3.8, 4) is 0 Å². The minimum Gasteiger partial charge on any atom is -0.254 e. The molecule has 5 unspecified atom stereocenters. The molecule has 0 aromatic heterocycles. The van der Waals surface area contributed by atoms with Crippen LogP contribution < -0.4 is 10.9 Å². The summed E-state index contributed by atoms with van der Waals surface area (Å²) in [6.45, 7) is 9.35. The highest BCUT2D eigenvalue weighted by Crippen LogP contribution is 2.45. The van der Waals surface area contributed by atoms with Gasteiger partial charge in [0.1, 0.15) is 0 Å². The van der Waals surface area contributed by atoms with Crippen LogP contribution in [0.15, 0.2) is 0 Å². The smallest absolute Gasteiger partial charge is 0.0289 e. The van der Waals surface area contributed by atoms with Gasteiger partial charge in [0.05, 0.1) is 0 Å². The summed E-state index contributed by atoms with van der Waals surface area (Å²) in [5.74, 6) is 3.49. The van der Waals surface area contributed by atoms with Gasteiger partial charge in [0.2, 0.25) is 0 Å². The van der Waals surface area contributed by atoms with Gasteiger partial charge in [-0.2, -0.15) is 0 Å². The average Bonchev–Trinajstić information content (AvgIpc) is 2.60. The van der Waals surface area contributed by atoms with Crippen molar-refractivity contribution < 1.29 is 0 Å². The van der Waals surface area contributed by atoms with Crippen LogP contribution in [0.3, 0.4) is 0 Å². The molecule has 2 rings (SSSR count). The van der Waals surface area contributed by atoms with Crippen molar-refractivity contribution in [3.05, 3.63) is 0 Å². The first-order valence-electron chi connectivity index (χ1n) is 5.62. The summed E-state index contributed by atoms with van der Waals surface area (Å²) in [5.41, 5.74) is 6.87. The molecule has 0 bridgehead atoms. The summed E-state index contributed by atoms with van der Waals surface area (Å²) >= 11 is 0. The predicted octanol–water partition coefficient (Wildman–Crippen LogP) is 1.78. The summed E-state index contributed by atoms with van der Waals surface area (Å²) in [7, 11) is 0. The van der Waals surface area contributed by atoms with Crippen molar-refractivity contribution in [1.82, 2.24) is 10.9 Å². The second-order valence-corrected chi connectivity index (χ2v) is 5.30. The van der Waals surface area contributed by atoms with Gasteiger partial charge in [0, 0.05) is 12.1 Å². The van der Waals surface area contributed by atoms with Gasteiger partial charge in [-0.1, -0.05) is 20.8 Å². The van der Waals surface area contributed by atoms with Gasteiger partial charge in [0.15, 0.2) is 0 Å². The fraction of sp³-hybridized carbons (Fsp3) is 1.00. The highest BCUT2D eigenvalue weighted by molar-refractivity contribution is 5.01. The Bertz CT molecular complexity index is 191. The highest BCUT2D eigenvalue weighted by atomic mass is 15.4. The van der Waals surface area contributed by atoms with Crippen LogP contribution in [0.4, 0.5) is 0 Å². The summed E-state index contributed by atoms with van der Waals surface area (Å²) in [4.78, 5) is 0. The Morgan fingerprint density at radius 3 is 2.23 bits per heavy atom. The van der Waals surface area contributed by atoms with E-state index in [-0.39, 0.29) is 0 Å². The first kappa shape index (κ1) is 9.47. The zero-order valence-electron chi connectivity index (χ0n) is 9.17. The highest BCUT2D eigenvalue weighted by Gasteiger charge is 2.47. The SMILES string of the molecule is CC(C)C1C(C)NNC1C1CC1C. The molecule has 0 amide bonds. The van der Waals surface area contributed by atoms with Crippen LogP contribution in [0, 0.1) is 23.7 Å². The Morgan fingerprint density at radius 1 is 1.15 bits per heavy atom. The van der Waals surface area contributed by atoms with Crippen molar-refractivity contribution in [2.45, 2.75) is 46.2 Å². The molecule has 76 valence electrons. The molecule has 1 heterocycles. The molecular formula is C11H22N2. The number of hydrazine groups is 1. The molecule has 0 aromatic carbocycles. The lowest BCUT2D eigenvalue weighted by Crippen LogP contribution is -2.35. The van der Waals surface area contributed by atoms with E-state index >= 15 is 0 Å². The summed E-state index contributed by atoms with van der Waals surface area (Å²) in [6.07, 6.45) is 1.43. The van der Waals surface area contributed by atoms with E-state index < -0.39 is 0 Å². The maximum atomic E-state index is 3.48. The standard InChI is InChI=1S/C11H22N2/c1-6(2)10-8(4)12-13-11(10)9-5-7(9)3/h6-13H,5H2,1-4H3. The number of hydrogen-bond acceptors (Lipinski definition) is 2. The molecule has 1 saturated carbocycles. The molecule has 1 saturated heterocycles. The van der Waals surface area contributed by atoms with Crippen LogP contribution in [0.25, 0.3) is 0 Å². The fourth-order valence-electron chi connectivity index (χ4n) is 2.97. The van der Waals surface area contributed by atoms with Gasteiger partial charge in [-0.05, 0) is 37.0 Å². The fourth-order valence-corrected chi connectivity index (χ4v) is 2.97. The quantitative estimate of drug-likeness (QED) is 0.680. The monoisotopic (exact) mass is 182 g/mol. The largest absolute Gasteiger partial charge is 0.254 e. The van der Waals surface area contributed by atoms with E-state index in [2.05, 4.69) is 38.5 Å². The first-order valence-corrected chi connectivity index (χ1v) is 5.62. The Kier molecular flexibility index (Phi) is 2.37. The third kappa shape index (κ3) is 1.62. The lowest BCUT2D eigenvalue weighted by Gasteiger charge is -2.24. The number of nitrogens with one attached hydrogen (secondary N) is 2. The molecule has 2 nitrogen and oxygen atoms in total. The third-order valence-corrected chi connectivity index (χ3v) is 3.87. The summed E-state index contributed by atoms with van der Waals surface area (Å²) in [6, 6.07) is 1.36. The van der Waals surface area contributed by atoms with Crippen LogP contribution in [-0.4, -0.2) is 12.1 Å². The molecule has 1 aliphatic carbocycles. The van der Waals surface area contributed by atoms with Crippen molar-refractivity contribution in [3.63, 3.8) is 0 Å². The van der Waals surface area contributed by atoms with Gasteiger partial charge in [-0.25, -0.2) is 0 Å². The van der Waals surface area contributed by atoms with Gasteiger partial charge in [-0.3, -0.25) is 10.9 Å². The summed E-state index contributed by atoms with van der Waals surface area (Å²) in [5, 5.41) is 0. The number of rotatable bonds is 2. The van der Waals surface area contributed by atoms with Gasteiger partial charge in [0.25, 0.3) is 0 Å². The van der Waals surface area contributed by atoms with Crippen LogP contribution in [0.5, 0.6) is 0 Å². The second-order valence-electron chi connectivity index (χ2n) is 5.30. The Morgan fingerprint density at radius 2 is 1.77 bits per heavy atom. The molecule has 2 N–H and O–H groups in total. The third-order valence-electron chi connectivity index (χ3n) is 3.87. The lowest BCUT2D eigenvalue weighted by atomic mass is 9.82. The van der Waals surface area contributed by atoms with E-state index in [0.29, 0.717) is 6.04 Å². The molecule has 13 heavy (non-hydrogen) atoms. The van der Waals surface area contributed by atoms with Gasteiger partial charge < -0.3 is 0 Å². The van der Waals surface area contributed by atoms with Crippen molar-refractivity contribution in [2.24, 2.45) is 23.7 Å². The van der Waals surface area contributed by atoms with E-state index in [4.69, 9.17) is 0 Å². The second kappa shape index (κ2) is 3.25. The average molecular weight is 182 g/mol. The van der Waals surface area contributed by atoms with Gasteiger partial charge >= 0.3 is 0 Å². The maximum Gasteiger partial charge on any atom is 0.0289 e. The van der Waals surface area contributed by atoms with Crippen LogP contribution in [0.2, 0.25) is 0 Å². The summed E-state index contributed by atoms with van der Waals surface area (Å²) < 4.78 is 0. The minimum atomic E-state index is 0.637. The normalized spacial score (nSPS) is 50.1. The van der Waals surface area contributed by atoms with Crippen molar-refractivity contribution >= 4 is 0 Å². The molecule has 1 aliphatic heterocycles. The zero-order chi connectivity index (χ0) is 9.59. The van der Waals surface area contributed by atoms with Gasteiger partial charge in [-0.15, -0.1) is 0 Å². The van der Waals surface area contributed by atoms with E-state index in [1.807, 2.05) is 0 Å². The van der Waals surface area contributed by atoms with E-state index in [1.165, 1.54) is 6.42 Å². The minimum absolute atomic E-state index is 0.637. The predicted molar refractivity (Wildman–Crippen MR) is 55.1 cm³/mol.